The Bertz CT molecular complexity index is 3520. The number of hydrogen-bond donors (Lipinski definition) is 7. The third-order valence-corrected chi connectivity index (χ3v) is 22.3. The van der Waals surface area contributed by atoms with E-state index in [1.807, 2.05) is 77.4 Å². The average molecular weight is 1550 g/mol. The number of piperazine rings is 1. The molecular formula is C80H124N14O15S. The molecule has 610 valence electrons. The molecule has 3 aliphatic rings. The zero-order valence-corrected chi connectivity index (χ0v) is 68.4. The third kappa shape index (κ3) is 25.7. The molecule has 6 rings (SSSR count). The van der Waals surface area contributed by atoms with Crippen molar-refractivity contribution in [2.75, 3.05) is 86.5 Å². The first-order valence-corrected chi connectivity index (χ1v) is 40.0. The number of methoxy groups -OCH3 is 2. The summed E-state index contributed by atoms with van der Waals surface area (Å²) >= 11 is 1.46. The van der Waals surface area contributed by atoms with Crippen molar-refractivity contribution in [2.24, 2.45) is 47.2 Å². The lowest BCUT2D eigenvalue weighted by atomic mass is 9.89. The molecule has 0 saturated carbocycles. The van der Waals surface area contributed by atoms with E-state index in [4.69, 9.17) is 19.9 Å². The summed E-state index contributed by atoms with van der Waals surface area (Å²) in [6.45, 7) is 22.9. The molecular weight excluding hydrogens is 1430 g/mol. The van der Waals surface area contributed by atoms with Crippen molar-refractivity contribution < 1.29 is 71.7 Å². The quantitative estimate of drug-likeness (QED) is 0.0218. The van der Waals surface area contributed by atoms with Crippen LogP contribution in [0.3, 0.4) is 0 Å². The van der Waals surface area contributed by atoms with Crippen LogP contribution in [0, 0.1) is 41.4 Å². The molecule has 3 aliphatic heterocycles. The number of ether oxygens (including phenoxy) is 3. The van der Waals surface area contributed by atoms with E-state index < -0.39 is 126 Å². The number of imide groups is 1. The summed E-state index contributed by atoms with van der Waals surface area (Å²) in [5, 5.41) is 19.8. The van der Waals surface area contributed by atoms with Gasteiger partial charge in [-0.15, -0.1) is 11.3 Å². The number of primary amides is 1. The molecule has 0 spiro atoms. The van der Waals surface area contributed by atoms with Gasteiger partial charge in [0.15, 0.2) is 0 Å². The van der Waals surface area contributed by atoms with Gasteiger partial charge in [-0.25, -0.2) is 14.6 Å². The van der Waals surface area contributed by atoms with Crippen molar-refractivity contribution in [2.45, 2.75) is 220 Å². The highest BCUT2D eigenvalue weighted by Gasteiger charge is 2.45. The van der Waals surface area contributed by atoms with Crippen LogP contribution in [0.4, 0.5) is 15.3 Å². The third-order valence-electron chi connectivity index (χ3n) is 21.4. The summed E-state index contributed by atoms with van der Waals surface area (Å²) in [5.74, 6) is -6.47. The van der Waals surface area contributed by atoms with E-state index in [9.17, 15) is 52.7 Å². The number of likely N-dealkylation sites (tertiary alicyclic amines) is 2. The van der Waals surface area contributed by atoms with Gasteiger partial charge in [0, 0.05) is 116 Å². The maximum absolute atomic E-state index is 15.1. The molecule has 13 amide bonds. The van der Waals surface area contributed by atoms with Crippen molar-refractivity contribution in [3.05, 3.63) is 82.3 Å². The van der Waals surface area contributed by atoms with E-state index in [1.54, 1.807) is 76.6 Å². The Morgan fingerprint density at radius 2 is 1.40 bits per heavy atom. The minimum Gasteiger partial charge on any atom is -0.431 e. The second-order valence-electron chi connectivity index (χ2n) is 31.3. The van der Waals surface area contributed by atoms with Gasteiger partial charge in [0.1, 0.15) is 29.2 Å². The van der Waals surface area contributed by atoms with Crippen LogP contribution < -0.4 is 37.6 Å². The van der Waals surface area contributed by atoms with Crippen molar-refractivity contribution in [1.82, 2.24) is 61.0 Å². The number of nitrogens with one attached hydrogen (secondary N) is 6. The number of carbonyl (C=O) groups excluding carboxylic acids is 12. The summed E-state index contributed by atoms with van der Waals surface area (Å²) < 4.78 is 18.5. The Labute approximate surface area is 654 Å². The van der Waals surface area contributed by atoms with Crippen LogP contribution in [0.1, 0.15) is 181 Å². The maximum Gasteiger partial charge on any atom is 0.411 e. The van der Waals surface area contributed by atoms with Gasteiger partial charge in [-0.3, -0.25) is 57.7 Å². The lowest BCUT2D eigenvalue weighted by molar-refractivity contribution is -0.148. The summed E-state index contributed by atoms with van der Waals surface area (Å²) in [6, 6.07) is 9.04. The zero-order valence-electron chi connectivity index (χ0n) is 67.5. The molecule has 1 aromatic heterocycles. The molecule has 8 N–H and O–H groups in total. The second-order valence-corrected chi connectivity index (χ2v) is 32.2. The maximum atomic E-state index is 15.1. The number of likely N-dealkylation sites (N-methyl/N-ethyl adjacent to an activating group) is 3. The highest BCUT2D eigenvalue weighted by atomic mass is 32.1. The summed E-state index contributed by atoms with van der Waals surface area (Å²) in [4.78, 5) is 181. The molecule has 3 fully saturated rings. The van der Waals surface area contributed by atoms with E-state index in [1.165, 1.54) is 54.7 Å². The highest BCUT2D eigenvalue weighted by molar-refractivity contribution is 7.09. The molecule has 0 radical (unpaired) electrons. The number of aromatic nitrogens is 1. The van der Waals surface area contributed by atoms with E-state index >= 15 is 4.79 Å². The Hall–Kier alpha value is -8.61. The fourth-order valence-electron chi connectivity index (χ4n) is 15.0. The normalized spacial score (nSPS) is 18.5. The first kappa shape index (κ1) is 90.3. The number of unbranched alkanes of at least 4 members (excludes halogenated alkanes) is 2. The lowest BCUT2D eigenvalue weighted by Gasteiger charge is -2.41. The topological polar surface area (TPSA) is 363 Å². The number of rotatable bonds is 42. The Morgan fingerprint density at radius 1 is 0.727 bits per heavy atom. The predicted molar refractivity (Wildman–Crippen MR) is 419 cm³/mol. The Balaban J connectivity index is 1.12. The molecule has 0 aliphatic carbocycles. The van der Waals surface area contributed by atoms with Crippen LogP contribution in [-0.2, 0) is 68.6 Å². The number of urea groups is 1. The van der Waals surface area contributed by atoms with Gasteiger partial charge in [-0.1, -0.05) is 131 Å². The van der Waals surface area contributed by atoms with Gasteiger partial charge < -0.3 is 71.4 Å². The van der Waals surface area contributed by atoms with Gasteiger partial charge in [0.25, 0.3) is 5.91 Å². The van der Waals surface area contributed by atoms with Crippen molar-refractivity contribution in [3.8, 4) is 0 Å². The molecule has 13 atom stereocenters. The summed E-state index contributed by atoms with van der Waals surface area (Å²) in [5.41, 5.74) is 6.83. The number of anilines is 1. The minimum atomic E-state index is -1.54. The number of hydrogen-bond acceptors (Lipinski definition) is 18. The summed E-state index contributed by atoms with van der Waals surface area (Å²) in [6.07, 6.45) is 2.69. The van der Waals surface area contributed by atoms with Crippen LogP contribution in [0.15, 0.2) is 66.2 Å². The van der Waals surface area contributed by atoms with E-state index in [-0.39, 0.29) is 104 Å². The number of thiazole rings is 1. The first-order valence-electron chi connectivity index (χ1n) is 39.2. The van der Waals surface area contributed by atoms with E-state index in [2.05, 4.69) is 41.8 Å². The predicted octanol–water partition coefficient (Wildman–Crippen LogP) is 7.21. The van der Waals surface area contributed by atoms with Gasteiger partial charge in [0.05, 0.1) is 42.7 Å². The molecule has 29 nitrogen and oxygen atoms in total. The smallest absolute Gasteiger partial charge is 0.411 e. The average Bonchev–Trinajstić information content (AvgIpc) is 1.18. The van der Waals surface area contributed by atoms with Gasteiger partial charge >= 0.3 is 12.1 Å². The molecule has 3 saturated heterocycles. The Morgan fingerprint density at radius 3 is 1.99 bits per heavy atom. The summed E-state index contributed by atoms with van der Waals surface area (Å²) in [7, 11) is 8.00. The zero-order chi connectivity index (χ0) is 81.2. The lowest BCUT2D eigenvalue weighted by Crippen LogP contribution is -2.60. The molecule has 3 aromatic rings. The van der Waals surface area contributed by atoms with Crippen molar-refractivity contribution >= 4 is 88.2 Å². The molecule has 2 unspecified atom stereocenters. The molecule has 110 heavy (non-hydrogen) atoms. The highest BCUT2D eigenvalue weighted by Crippen LogP contribution is 2.33. The van der Waals surface area contributed by atoms with Gasteiger partial charge in [-0.2, -0.15) is 0 Å². The SMILES string of the molecule is CC[C@H](C)[C@@H]([C@@H](CC(=O)N1CCC[C@H]1[C@H](OC)[C@@H](C)C(=O)N[C@@H](Cc1ccccc1)c1nccs1)OC)N(C)C(=O)[C@@H](NC(=O)[C@H](C(C)C)N(C)C(=O)OC(C(=O)N1CCN(C)CC1)c1ccc(NC(=O)[C@H](CCCNC(N)=O)NC(=O)[C@@H](NC(=O)CCCCCN2C(=O)CC(CC(C)C)C2=O)C(C)C)cc1)C(C)C. The van der Waals surface area contributed by atoms with E-state index in [0.29, 0.717) is 84.1 Å². The van der Waals surface area contributed by atoms with Crippen LogP contribution in [0.25, 0.3) is 0 Å². The fourth-order valence-corrected chi connectivity index (χ4v) is 15.7. The van der Waals surface area contributed by atoms with Gasteiger partial charge in [-0.05, 0) is 106 Å². The number of carbonyl (C=O) groups is 12. The monoisotopic (exact) mass is 1550 g/mol. The molecule has 30 heteroatoms. The largest absolute Gasteiger partial charge is 0.431 e. The van der Waals surface area contributed by atoms with E-state index in [0.717, 1.165) is 15.5 Å². The van der Waals surface area contributed by atoms with Crippen LogP contribution >= 0.6 is 11.3 Å². The van der Waals surface area contributed by atoms with Crippen molar-refractivity contribution in [3.63, 3.8) is 0 Å². The van der Waals surface area contributed by atoms with Crippen LogP contribution in [-0.4, -0.2) is 235 Å². The number of nitrogens with two attached hydrogens (primary N) is 1. The number of nitrogens with zero attached hydrogens (tertiary/aromatic N) is 7. The van der Waals surface area contributed by atoms with Crippen LogP contribution in [0.5, 0.6) is 0 Å². The molecule has 4 heterocycles. The van der Waals surface area contributed by atoms with Crippen molar-refractivity contribution in [1.29, 1.82) is 0 Å². The molecule has 0 bridgehead atoms. The minimum absolute atomic E-state index is 0.0348. The first-order chi connectivity index (χ1) is 52.2. The second kappa shape index (κ2) is 43.8. The number of benzene rings is 2. The van der Waals surface area contributed by atoms with Gasteiger partial charge in [0.2, 0.25) is 59.3 Å². The standard InChI is InChI=1S/C80H124N14O15S/c1-17-52(10)68(61(107-15)47-64(97)93-38-25-29-60(93)69(108-16)53(11)71(98)86-59(75-82-36-43-110-75)45-54-26-20-18-21-27-54)90(13)77(103)66(50(6)7)88-74(101)67(51(8)9)91(14)80(106)109-70(78(104)92-41-39-89(12)40-42-92)55-31-33-57(34-32-55)84-72(99)58(28-24-35-83-79(81)105)85-73(100)65(49(4)5)87-62(95)30-22-19-23-37-94-63(96)46-56(76(94)102)44-48(2)3/h18,20-21,26-27,31-34,36,43,48-53,56,58-61,65-70H,17,19,22-25,28-30,35,37-42,44-47H2,1-16H3,(H,84,99)(H,85,100)(H,86,98)(H,87,95)(H,88,101)(H3,81,83,105)/t52-,53+,56?,58-,59-,60-,61+,65-,66-,67-,68-,69+,70?/m0/s1. The number of amides is 13. The Kier molecular flexibility index (Phi) is 36.0. The fraction of sp³-hybridized carbons (Fsp3) is 0.662. The van der Waals surface area contributed by atoms with Crippen LogP contribution in [0.2, 0.25) is 0 Å². The molecule has 2 aromatic carbocycles.